The van der Waals surface area contributed by atoms with Crippen molar-refractivity contribution in [2.75, 3.05) is 26.2 Å². The van der Waals surface area contributed by atoms with E-state index in [0.717, 1.165) is 30.2 Å². The molecule has 1 unspecified atom stereocenters. The molecule has 0 radical (unpaired) electrons. The van der Waals surface area contributed by atoms with Crippen molar-refractivity contribution in [2.24, 2.45) is 5.16 Å². The van der Waals surface area contributed by atoms with Crippen LogP contribution in [0.2, 0.25) is 5.02 Å². The van der Waals surface area contributed by atoms with Crippen LogP contribution in [0, 0.1) is 5.82 Å². The third-order valence-electron chi connectivity index (χ3n) is 5.10. The van der Waals surface area contributed by atoms with Crippen molar-refractivity contribution < 1.29 is 14.0 Å². The molecular formula is C21H21ClFN3O2. The fourth-order valence-electron chi connectivity index (χ4n) is 3.55. The number of halogens is 2. The first-order chi connectivity index (χ1) is 13.6. The van der Waals surface area contributed by atoms with Gasteiger partial charge in [0.2, 0.25) is 6.10 Å². The second-order valence-corrected chi connectivity index (χ2v) is 7.51. The molecule has 1 saturated heterocycles. The number of rotatable bonds is 4. The van der Waals surface area contributed by atoms with Crippen LogP contribution in [-0.4, -0.2) is 53.7 Å². The van der Waals surface area contributed by atoms with Crippen LogP contribution in [0.4, 0.5) is 4.39 Å². The van der Waals surface area contributed by atoms with Crippen LogP contribution in [0.1, 0.15) is 17.5 Å². The summed E-state index contributed by atoms with van der Waals surface area (Å²) in [6, 6.07) is 13.9. The number of amides is 1. The number of oxime groups is 1. The minimum Gasteiger partial charge on any atom is -0.382 e. The van der Waals surface area contributed by atoms with E-state index in [1.165, 1.54) is 17.7 Å². The molecule has 28 heavy (non-hydrogen) atoms. The van der Waals surface area contributed by atoms with Crippen LogP contribution in [0.25, 0.3) is 0 Å². The molecule has 0 N–H and O–H groups in total. The van der Waals surface area contributed by atoms with Gasteiger partial charge in [0.15, 0.2) is 0 Å². The minimum atomic E-state index is -0.598. The predicted octanol–water partition coefficient (Wildman–Crippen LogP) is 3.32. The quantitative estimate of drug-likeness (QED) is 0.789. The first-order valence-electron chi connectivity index (χ1n) is 9.33. The molecule has 0 spiro atoms. The largest absolute Gasteiger partial charge is 0.382 e. The second-order valence-electron chi connectivity index (χ2n) is 7.07. The highest BCUT2D eigenvalue weighted by Gasteiger charge is 2.33. The topological polar surface area (TPSA) is 45.1 Å². The van der Waals surface area contributed by atoms with Gasteiger partial charge in [-0.05, 0) is 35.4 Å². The molecule has 1 amide bonds. The third-order valence-corrected chi connectivity index (χ3v) is 5.34. The number of nitrogens with zero attached hydrogens (tertiary/aromatic N) is 3. The molecule has 1 atom stereocenters. The van der Waals surface area contributed by atoms with Gasteiger partial charge in [-0.15, -0.1) is 0 Å². The van der Waals surface area contributed by atoms with Crippen molar-refractivity contribution in [2.45, 2.75) is 19.1 Å². The van der Waals surface area contributed by atoms with Gasteiger partial charge >= 0.3 is 0 Å². The van der Waals surface area contributed by atoms with E-state index < -0.39 is 6.10 Å². The lowest BCUT2D eigenvalue weighted by atomic mass is 10.0. The van der Waals surface area contributed by atoms with Gasteiger partial charge in [-0.25, -0.2) is 4.39 Å². The maximum Gasteiger partial charge on any atom is 0.266 e. The van der Waals surface area contributed by atoms with Crippen LogP contribution >= 0.6 is 11.6 Å². The van der Waals surface area contributed by atoms with Crippen molar-refractivity contribution in [3.63, 3.8) is 0 Å². The molecule has 4 rings (SSSR count). The first-order valence-corrected chi connectivity index (χ1v) is 9.70. The summed E-state index contributed by atoms with van der Waals surface area (Å²) < 4.78 is 13.1. The van der Waals surface area contributed by atoms with Crippen LogP contribution in [0.15, 0.2) is 53.7 Å². The van der Waals surface area contributed by atoms with Gasteiger partial charge in [-0.3, -0.25) is 9.69 Å². The molecule has 2 heterocycles. The summed E-state index contributed by atoms with van der Waals surface area (Å²) in [6.07, 6.45) is -0.188. The smallest absolute Gasteiger partial charge is 0.266 e. The zero-order valence-corrected chi connectivity index (χ0v) is 16.1. The average molecular weight is 402 g/mol. The predicted molar refractivity (Wildman–Crippen MR) is 106 cm³/mol. The zero-order valence-electron chi connectivity index (χ0n) is 15.4. The Hall–Kier alpha value is -2.44. The molecule has 0 saturated carbocycles. The molecule has 0 aliphatic carbocycles. The molecule has 7 heteroatoms. The Balaban J connectivity index is 1.28. The van der Waals surface area contributed by atoms with Crippen molar-refractivity contribution in [3.05, 3.63) is 70.5 Å². The summed E-state index contributed by atoms with van der Waals surface area (Å²) in [6.45, 7) is 3.74. The van der Waals surface area contributed by atoms with Gasteiger partial charge in [0, 0.05) is 44.2 Å². The molecule has 0 aromatic heterocycles. The molecule has 2 aliphatic heterocycles. The van der Waals surface area contributed by atoms with Crippen molar-refractivity contribution in [1.82, 2.24) is 9.80 Å². The molecular weight excluding hydrogens is 381 g/mol. The number of benzene rings is 2. The number of hydrogen-bond donors (Lipinski definition) is 0. The Morgan fingerprint density at radius 3 is 2.61 bits per heavy atom. The minimum absolute atomic E-state index is 0.0386. The summed E-state index contributed by atoms with van der Waals surface area (Å²) in [5, 5.41) is 4.77. The fourth-order valence-corrected chi connectivity index (χ4v) is 3.76. The van der Waals surface area contributed by atoms with E-state index in [4.69, 9.17) is 16.4 Å². The average Bonchev–Trinajstić information content (AvgIpc) is 3.19. The van der Waals surface area contributed by atoms with Crippen LogP contribution in [0.5, 0.6) is 0 Å². The van der Waals surface area contributed by atoms with E-state index >= 15 is 0 Å². The summed E-state index contributed by atoms with van der Waals surface area (Å²) in [7, 11) is 0. The van der Waals surface area contributed by atoms with Crippen molar-refractivity contribution >= 4 is 23.2 Å². The highest BCUT2D eigenvalue weighted by Crippen LogP contribution is 2.20. The van der Waals surface area contributed by atoms with Crippen molar-refractivity contribution in [3.8, 4) is 0 Å². The monoisotopic (exact) mass is 401 g/mol. The van der Waals surface area contributed by atoms with E-state index in [0.29, 0.717) is 25.2 Å². The van der Waals surface area contributed by atoms with Gasteiger partial charge in [0.25, 0.3) is 5.91 Å². The normalized spacial score (nSPS) is 20.0. The Morgan fingerprint density at radius 2 is 1.89 bits per heavy atom. The van der Waals surface area contributed by atoms with Gasteiger partial charge in [0.1, 0.15) is 5.82 Å². The fraction of sp³-hybridized carbons (Fsp3) is 0.333. The number of hydrogen-bond acceptors (Lipinski definition) is 4. The first kappa shape index (κ1) is 18.9. The van der Waals surface area contributed by atoms with Crippen molar-refractivity contribution in [1.29, 1.82) is 0 Å². The lowest BCUT2D eigenvalue weighted by molar-refractivity contribution is -0.143. The van der Waals surface area contributed by atoms with E-state index in [1.54, 1.807) is 12.1 Å². The molecule has 2 aromatic carbocycles. The summed E-state index contributed by atoms with van der Waals surface area (Å²) in [5.41, 5.74) is 2.63. The SMILES string of the molecule is O=C(C1CC(c2ccc(F)cc2)=NO1)N1CCN(Cc2cccc(Cl)c2)CC1. The molecule has 1 fully saturated rings. The molecule has 146 valence electrons. The maximum absolute atomic E-state index is 13.1. The highest BCUT2D eigenvalue weighted by atomic mass is 35.5. The highest BCUT2D eigenvalue weighted by molar-refractivity contribution is 6.30. The van der Waals surface area contributed by atoms with Gasteiger partial charge in [-0.2, -0.15) is 0 Å². The van der Waals surface area contributed by atoms with E-state index in [1.807, 2.05) is 23.1 Å². The van der Waals surface area contributed by atoms with E-state index in [-0.39, 0.29) is 11.7 Å². The summed E-state index contributed by atoms with van der Waals surface area (Å²) in [4.78, 5) is 22.3. The lowest BCUT2D eigenvalue weighted by Gasteiger charge is -2.35. The van der Waals surface area contributed by atoms with Gasteiger partial charge in [-0.1, -0.05) is 41.0 Å². The molecule has 2 aliphatic rings. The van der Waals surface area contributed by atoms with Gasteiger partial charge in [0.05, 0.1) is 5.71 Å². The molecule has 5 nitrogen and oxygen atoms in total. The van der Waals surface area contributed by atoms with E-state index in [2.05, 4.69) is 16.1 Å². The number of carbonyl (C=O) groups excluding carboxylic acids is 1. The van der Waals surface area contributed by atoms with Crippen LogP contribution < -0.4 is 0 Å². The second kappa shape index (κ2) is 8.29. The Bertz CT molecular complexity index is 879. The number of piperazine rings is 1. The van der Waals surface area contributed by atoms with Gasteiger partial charge < -0.3 is 9.74 Å². The zero-order chi connectivity index (χ0) is 19.5. The number of carbonyl (C=O) groups is 1. The third kappa shape index (κ3) is 4.34. The Labute approximate surface area is 168 Å². The van der Waals surface area contributed by atoms with Crippen LogP contribution in [0.3, 0.4) is 0 Å². The Kier molecular flexibility index (Phi) is 5.59. The van der Waals surface area contributed by atoms with Crippen LogP contribution in [-0.2, 0) is 16.2 Å². The summed E-state index contributed by atoms with van der Waals surface area (Å²) in [5.74, 6) is -0.338. The Morgan fingerprint density at radius 1 is 1.14 bits per heavy atom. The lowest BCUT2D eigenvalue weighted by Crippen LogP contribution is -2.51. The standard InChI is InChI=1S/C21H21ClFN3O2/c22-17-3-1-2-15(12-17)14-25-8-10-26(11-9-25)21(27)20-13-19(24-28-20)16-4-6-18(23)7-5-16/h1-7,12,20H,8-11,13-14H2. The maximum atomic E-state index is 13.1. The van der Waals surface area contributed by atoms with E-state index in [9.17, 15) is 9.18 Å². The molecule has 0 bridgehead atoms. The molecule has 2 aromatic rings. The summed E-state index contributed by atoms with van der Waals surface area (Å²) >= 11 is 6.05.